The third kappa shape index (κ3) is 7.31. The van der Waals surface area contributed by atoms with E-state index in [-0.39, 0.29) is 46.3 Å². The molecule has 1 aromatic heterocycles. The Kier molecular flexibility index (Phi) is 11.5. The van der Waals surface area contributed by atoms with Gasteiger partial charge in [-0.25, -0.2) is 4.98 Å². The SMILES string of the molecule is N=Cc1nc(N2CCCCCC2)nc(Nc2ccc(N3CCC4(CC3)CC4C(=O)OCOPO)cc2)c1C(N)=O.O.O. The summed E-state index contributed by atoms with van der Waals surface area (Å²) in [5.74, 6) is -0.234. The lowest BCUT2D eigenvalue weighted by atomic mass is 9.90. The van der Waals surface area contributed by atoms with Crippen molar-refractivity contribution in [1.29, 1.82) is 5.41 Å². The Hall–Kier alpha value is -3.42. The average molecular weight is 606 g/mol. The van der Waals surface area contributed by atoms with Gasteiger partial charge in [0.05, 0.1) is 5.92 Å². The highest BCUT2D eigenvalue weighted by molar-refractivity contribution is 7.24. The molecule has 0 bridgehead atoms. The van der Waals surface area contributed by atoms with E-state index in [2.05, 4.69) is 25.1 Å². The molecule has 9 N–H and O–H groups in total. The Morgan fingerprint density at radius 3 is 2.33 bits per heavy atom. The second kappa shape index (κ2) is 14.7. The molecule has 0 radical (unpaired) electrons. The molecule has 14 nitrogen and oxygen atoms in total. The zero-order valence-corrected chi connectivity index (χ0v) is 24.4. The molecule has 15 heteroatoms. The van der Waals surface area contributed by atoms with Crippen LogP contribution < -0.4 is 20.9 Å². The van der Waals surface area contributed by atoms with Crippen molar-refractivity contribution in [2.24, 2.45) is 17.1 Å². The van der Waals surface area contributed by atoms with Crippen LogP contribution in [0, 0.1) is 16.7 Å². The highest BCUT2D eigenvalue weighted by atomic mass is 31.1. The summed E-state index contributed by atoms with van der Waals surface area (Å²) in [5, 5.41) is 11.1. The molecule has 3 heterocycles. The van der Waals surface area contributed by atoms with Crippen LogP contribution in [0.5, 0.6) is 0 Å². The summed E-state index contributed by atoms with van der Waals surface area (Å²) in [5.41, 5.74) is 7.79. The number of amides is 1. The van der Waals surface area contributed by atoms with Crippen LogP contribution >= 0.6 is 9.03 Å². The minimum Gasteiger partial charge on any atom is -0.438 e. The molecule has 5 rings (SSSR count). The molecule has 2 aliphatic heterocycles. The normalized spacial score (nSPS) is 19.4. The fourth-order valence-corrected chi connectivity index (χ4v) is 5.98. The summed E-state index contributed by atoms with van der Waals surface area (Å²) in [4.78, 5) is 46.9. The largest absolute Gasteiger partial charge is 0.438 e. The monoisotopic (exact) mass is 605 g/mol. The fraction of sp³-hybridized carbons (Fsp3) is 0.519. The van der Waals surface area contributed by atoms with Crippen LogP contribution in [-0.2, 0) is 14.1 Å². The number of benzene rings is 1. The predicted molar refractivity (Wildman–Crippen MR) is 161 cm³/mol. The molecule has 1 spiro atoms. The summed E-state index contributed by atoms with van der Waals surface area (Å²) in [6.45, 7) is 3.14. The van der Waals surface area contributed by atoms with Crippen LogP contribution in [0.25, 0.3) is 0 Å². The fourth-order valence-electron chi connectivity index (χ4n) is 5.87. The Morgan fingerprint density at radius 2 is 1.74 bits per heavy atom. The first-order valence-corrected chi connectivity index (χ1v) is 14.6. The number of piperidine rings is 1. The molecule has 2 saturated heterocycles. The summed E-state index contributed by atoms with van der Waals surface area (Å²) in [6.07, 6.45) is 8.12. The maximum Gasteiger partial charge on any atom is 0.311 e. The van der Waals surface area contributed by atoms with E-state index in [9.17, 15) is 9.59 Å². The van der Waals surface area contributed by atoms with Gasteiger partial charge >= 0.3 is 5.97 Å². The maximum absolute atomic E-state index is 12.3. The smallest absolute Gasteiger partial charge is 0.311 e. The van der Waals surface area contributed by atoms with Crippen LogP contribution in [0.15, 0.2) is 24.3 Å². The van der Waals surface area contributed by atoms with Gasteiger partial charge in [0.1, 0.15) is 17.1 Å². The van der Waals surface area contributed by atoms with Crippen LogP contribution in [0.2, 0.25) is 0 Å². The van der Waals surface area contributed by atoms with Crippen molar-refractivity contribution < 1.29 is 34.7 Å². The number of rotatable bonds is 10. The second-order valence-corrected chi connectivity index (χ2v) is 11.1. The molecule has 3 aliphatic rings. The molecule has 2 unspecified atom stereocenters. The Balaban J connectivity index is 0.00000242. The highest BCUT2D eigenvalue weighted by Gasteiger charge is 2.59. The molecule has 3 fully saturated rings. The molecule has 2 atom stereocenters. The van der Waals surface area contributed by atoms with E-state index in [1.807, 2.05) is 24.3 Å². The number of aromatic nitrogens is 2. The molecular weight excluding hydrogens is 565 g/mol. The van der Waals surface area contributed by atoms with E-state index in [1.54, 1.807) is 0 Å². The number of hydrogen-bond donors (Lipinski definition) is 4. The molecule has 1 aliphatic carbocycles. The van der Waals surface area contributed by atoms with E-state index in [0.717, 1.165) is 88.7 Å². The Bertz CT molecular complexity index is 1230. The van der Waals surface area contributed by atoms with Crippen LogP contribution in [0.4, 0.5) is 23.1 Å². The van der Waals surface area contributed by atoms with Gasteiger partial charge in [-0.3, -0.25) is 14.1 Å². The van der Waals surface area contributed by atoms with Crippen LogP contribution in [-0.4, -0.2) is 76.9 Å². The summed E-state index contributed by atoms with van der Waals surface area (Å²) in [7, 11) is -0.689. The molecular formula is C27H40N7O7P. The maximum atomic E-state index is 12.3. The quantitative estimate of drug-likeness (QED) is 0.101. The van der Waals surface area contributed by atoms with Gasteiger partial charge in [0.2, 0.25) is 5.95 Å². The lowest BCUT2D eigenvalue weighted by Crippen LogP contribution is -2.35. The number of primary amides is 1. The highest BCUT2D eigenvalue weighted by Crippen LogP contribution is 2.60. The zero-order chi connectivity index (χ0) is 28.1. The lowest BCUT2D eigenvalue weighted by molar-refractivity contribution is -0.152. The van der Waals surface area contributed by atoms with Gasteiger partial charge in [-0.2, -0.15) is 4.98 Å². The first-order chi connectivity index (χ1) is 19.4. The average Bonchev–Trinajstić information content (AvgIpc) is 3.73. The van der Waals surface area contributed by atoms with E-state index in [4.69, 9.17) is 25.3 Å². The number of anilines is 4. The number of carbonyl (C=O) groups is 2. The standard InChI is InChI=1S/C27H36N7O5P.2H2O/c28-16-21-22(23(29)35)24(32-26(31-21)34-11-3-1-2-4-12-34)30-18-5-7-19(8-6-18)33-13-9-27(10-14-33)15-20(27)25(36)38-17-39-40-37;;/h5-8,16,20,28,37,40H,1-4,9-15,17H2,(H2,29,35)(H,30,31,32);2*1H2. The molecule has 42 heavy (non-hydrogen) atoms. The van der Waals surface area contributed by atoms with Gasteiger partial charge in [-0.1, -0.05) is 12.8 Å². The summed E-state index contributed by atoms with van der Waals surface area (Å²) in [6, 6.07) is 7.90. The molecule has 2 aromatic rings. The summed E-state index contributed by atoms with van der Waals surface area (Å²) < 4.78 is 9.84. The van der Waals surface area contributed by atoms with Crippen molar-refractivity contribution in [3.63, 3.8) is 0 Å². The number of nitrogens with zero attached hydrogens (tertiary/aromatic N) is 4. The first-order valence-electron chi connectivity index (χ1n) is 13.7. The Labute approximate surface area is 246 Å². The summed E-state index contributed by atoms with van der Waals surface area (Å²) >= 11 is 0. The number of nitrogens with one attached hydrogen (secondary N) is 2. The van der Waals surface area contributed by atoms with Crippen molar-refractivity contribution in [2.45, 2.75) is 44.9 Å². The minimum atomic E-state index is -0.689. The van der Waals surface area contributed by atoms with E-state index < -0.39 is 14.9 Å². The first kappa shape index (κ1) is 33.1. The molecule has 1 amide bonds. The van der Waals surface area contributed by atoms with E-state index in [1.165, 1.54) is 0 Å². The van der Waals surface area contributed by atoms with Gasteiger partial charge < -0.3 is 46.8 Å². The van der Waals surface area contributed by atoms with Crippen molar-refractivity contribution in [2.75, 3.05) is 48.1 Å². The van der Waals surface area contributed by atoms with Crippen LogP contribution in [0.1, 0.15) is 61.0 Å². The van der Waals surface area contributed by atoms with E-state index >= 15 is 0 Å². The van der Waals surface area contributed by atoms with Crippen LogP contribution in [0.3, 0.4) is 0 Å². The van der Waals surface area contributed by atoms with Gasteiger partial charge in [-0.05, 0) is 61.8 Å². The van der Waals surface area contributed by atoms with E-state index in [0.29, 0.717) is 11.8 Å². The number of esters is 1. The minimum absolute atomic E-state index is 0. The molecule has 1 saturated carbocycles. The molecule has 1 aromatic carbocycles. The molecule has 230 valence electrons. The van der Waals surface area contributed by atoms with Crippen molar-refractivity contribution in [3.8, 4) is 0 Å². The Morgan fingerprint density at radius 1 is 1.07 bits per heavy atom. The van der Waals surface area contributed by atoms with Crippen molar-refractivity contribution in [3.05, 3.63) is 35.5 Å². The number of nitrogens with two attached hydrogens (primary N) is 1. The second-order valence-electron chi connectivity index (χ2n) is 10.6. The van der Waals surface area contributed by atoms with Gasteiger partial charge in [0, 0.05) is 43.8 Å². The van der Waals surface area contributed by atoms with Crippen molar-refractivity contribution in [1.82, 2.24) is 9.97 Å². The zero-order valence-electron chi connectivity index (χ0n) is 23.4. The predicted octanol–water partition coefficient (Wildman–Crippen LogP) is 1.67. The van der Waals surface area contributed by atoms with Gasteiger partial charge in [-0.15, -0.1) is 0 Å². The van der Waals surface area contributed by atoms with Gasteiger partial charge in [0.15, 0.2) is 15.8 Å². The number of carbonyl (C=O) groups excluding carboxylic acids is 2. The van der Waals surface area contributed by atoms with Gasteiger partial charge in [0.25, 0.3) is 5.91 Å². The topological polar surface area (TPSA) is 230 Å². The lowest BCUT2D eigenvalue weighted by Gasteiger charge is -2.34. The number of hydrogen-bond acceptors (Lipinski definition) is 11. The third-order valence-corrected chi connectivity index (χ3v) is 8.50. The third-order valence-electron chi connectivity index (χ3n) is 8.25. The number of ether oxygens (including phenoxy) is 1. The van der Waals surface area contributed by atoms with Crippen molar-refractivity contribution >= 4 is 50.3 Å².